The summed E-state index contributed by atoms with van der Waals surface area (Å²) in [5.41, 5.74) is 7.34. The molecule has 5 heteroatoms. The Balaban J connectivity index is 0.000000758. The van der Waals surface area contributed by atoms with Crippen LogP contribution in [0.3, 0.4) is 0 Å². The summed E-state index contributed by atoms with van der Waals surface area (Å²) in [4.78, 5) is 9.58. The van der Waals surface area contributed by atoms with E-state index in [2.05, 4.69) is 44.2 Å². The second-order valence-corrected chi connectivity index (χ2v) is 7.48. The fourth-order valence-corrected chi connectivity index (χ4v) is 2.61. The van der Waals surface area contributed by atoms with Crippen molar-refractivity contribution >= 4 is 31.7 Å². The molecule has 0 aliphatic heterocycles. The molecule has 1 heterocycles. The topological polar surface area (TPSA) is 25.2 Å². The van der Waals surface area contributed by atoms with Crippen LogP contribution in [0.1, 0.15) is 23.7 Å². The van der Waals surface area contributed by atoms with E-state index in [0.29, 0.717) is 12.9 Å². The molecule has 137 valence electrons. The monoisotopic (exact) mass is 429 g/mol. The van der Waals surface area contributed by atoms with E-state index in [-0.39, 0.29) is 0 Å². The van der Waals surface area contributed by atoms with Crippen LogP contribution in [0, 0.1) is 13.8 Å². The molecule has 1 aromatic heterocycles. The Morgan fingerprint density at radius 1 is 0.846 bits per heavy atom. The van der Waals surface area contributed by atoms with Crippen LogP contribution < -0.4 is 0 Å². The number of nitrogens with zero attached hydrogens (tertiary/aromatic N) is 2. The number of para-hydroxylation sites is 1. The average Bonchev–Trinajstić information content (AvgIpc) is 2.66. The normalized spacial score (nSPS) is 11.0. The van der Waals surface area contributed by atoms with Gasteiger partial charge in [-0.25, -0.2) is 4.98 Å². The molecule has 0 atom stereocenters. The van der Waals surface area contributed by atoms with E-state index >= 15 is 0 Å². The SMILES string of the molecule is CC(=Nc1c(C)cccc1C)c1cccc(-c2ccccc2)n1.[Cl][Co][Cl]. The molecule has 26 heavy (non-hydrogen) atoms. The van der Waals surface area contributed by atoms with Crippen molar-refractivity contribution in [3.8, 4) is 11.3 Å². The minimum absolute atomic E-state index is 0.382. The first kappa shape index (κ1) is 20.7. The molecule has 3 rings (SSSR count). The third-order valence-electron chi connectivity index (χ3n) is 3.91. The molecule has 2 aromatic carbocycles. The molecule has 0 bridgehead atoms. The van der Waals surface area contributed by atoms with Crippen LogP contribution in [0.4, 0.5) is 5.69 Å². The van der Waals surface area contributed by atoms with Crippen LogP contribution in [-0.2, 0) is 12.9 Å². The number of benzene rings is 2. The summed E-state index contributed by atoms with van der Waals surface area (Å²) in [5.74, 6) is 0. The first-order valence-corrected chi connectivity index (χ1v) is 10.9. The van der Waals surface area contributed by atoms with Crippen molar-refractivity contribution in [2.45, 2.75) is 20.8 Å². The van der Waals surface area contributed by atoms with Gasteiger partial charge in [0, 0.05) is 5.56 Å². The molecule has 0 spiro atoms. The Bertz CT molecular complexity index is 860. The number of hydrogen-bond acceptors (Lipinski definition) is 2. The molecule has 0 radical (unpaired) electrons. The van der Waals surface area contributed by atoms with E-state index < -0.39 is 0 Å². The van der Waals surface area contributed by atoms with E-state index in [9.17, 15) is 0 Å². The second-order valence-electron chi connectivity index (χ2n) is 5.76. The third kappa shape index (κ3) is 5.68. The maximum atomic E-state index is 4.82. The van der Waals surface area contributed by atoms with Crippen molar-refractivity contribution in [2.24, 2.45) is 4.99 Å². The van der Waals surface area contributed by atoms with Crippen molar-refractivity contribution in [3.63, 3.8) is 0 Å². The first-order chi connectivity index (χ1) is 12.6. The van der Waals surface area contributed by atoms with Crippen LogP contribution in [0.25, 0.3) is 11.3 Å². The van der Waals surface area contributed by atoms with Crippen molar-refractivity contribution in [3.05, 3.63) is 83.6 Å². The quantitative estimate of drug-likeness (QED) is 0.416. The zero-order chi connectivity index (χ0) is 18.9. The number of aryl methyl sites for hydroxylation is 2. The van der Waals surface area contributed by atoms with Crippen LogP contribution in [0.2, 0.25) is 0 Å². The Hall–Kier alpha value is -1.65. The van der Waals surface area contributed by atoms with E-state index in [1.165, 1.54) is 11.1 Å². The predicted octanol–water partition coefficient (Wildman–Crippen LogP) is 6.88. The first-order valence-electron chi connectivity index (χ1n) is 8.05. The number of aliphatic imine (C=N–C) groups is 1. The molecule has 0 aliphatic rings. The Kier molecular flexibility index (Phi) is 8.33. The van der Waals surface area contributed by atoms with Gasteiger partial charge in [-0.1, -0.05) is 54.6 Å². The molecule has 0 amide bonds. The minimum atomic E-state index is 0.382. The molecule has 0 unspecified atom stereocenters. The predicted molar refractivity (Wildman–Crippen MR) is 109 cm³/mol. The summed E-state index contributed by atoms with van der Waals surface area (Å²) < 4.78 is 0. The van der Waals surface area contributed by atoms with Crippen LogP contribution in [0.5, 0.6) is 0 Å². The fourth-order valence-electron chi connectivity index (χ4n) is 2.61. The van der Waals surface area contributed by atoms with Crippen molar-refractivity contribution in [1.82, 2.24) is 4.98 Å². The Morgan fingerprint density at radius 2 is 1.42 bits per heavy atom. The van der Waals surface area contributed by atoms with E-state index in [4.69, 9.17) is 30.3 Å². The Labute approximate surface area is 169 Å². The van der Waals surface area contributed by atoms with Gasteiger partial charge in [0.2, 0.25) is 0 Å². The van der Waals surface area contributed by atoms with Gasteiger partial charge in [0.05, 0.1) is 22.8 Å². The standard InChI is InChI=1S/C21H20N2.2ClH.Co/c1-15-9-7-10-16(2)21(15)22-17(3)19-13-8-14-20(23-19)18-11-5-4-6-12-18;;;/h4-14H,1-3H3;2*1H;/q;;;+2/p-2. The molecule has 0 fully saturated rings. The van der Waals surface area contributed by atoms with Crippen molar-refractivity contribution in [1.29, 1.82) is 0 Å². The summed E-state index contributed by atoms with van der Waals surface area (Å²) in [7, 11) is 9.47. The van der Waals surface area contributed by atoms with E-state index in [1.54, 1.807) is 0 Å². The van der Waals surface area contributed by atoms with E-state index in [0.717, 1.165) is 28.4 Å². The van der Waals surface area contributed by atoms with Gasteiger partial charge in [0.1, 0.15) is 0 Å². The van der Waals surface area contributed by atoms with Crippen LogP contribution in [-0.4, -0.2) is 10.7 Å². The summed E-state index contributed by atoms with van der Waals surface area (Å²) in [6, 6.07) is 22.5. The molecular formula is C21H20Cl2CoN2. The summed E-state index contributed by atoms with van der Waals surface area (Å²) in [5, 5.41) is 0. The van der Waals surface area contributed by atoms with Crippen molar-refractivity contribution < 1.29 is 12.9 Å². The summed E-state index contributed by atoms with van der Waals surface area (Å²) in [6.45, 7) is 6.20. The van der Waals surface area contributed by atoms with Gasteiger partial charge in [-0.15, -0.1) is 0 Å². The number of pyridine rings is 1. The van der Waals surface area contributed by atoms with Gasteiger partial charge in [0.25, 0.3) is 0 Å². The average molecular weight is 430 g/mol. The third-order valence-corrected chi connectivity index (χ3v) is 3.91. The molecule has 0 saturated heterocycles. The number of halogens is 2. The van der Waals surface area contributed by atoms with Gasteiger partial charge in [-0.2, -0.15) is 0 Å². The van der Waals surface area contributed by atoms with Gasteiger partial charge in [-0.3, -0.25) is 4.99 Å². The molecule has 0 saturated carbocycles. The van der Waals surface area contributed by atoms with Crippen LogP contribution >= 0.6 is 20.3 Å². The number of hydrogen-bond donors (Lipinski definition) is 0. The maximum absolute atomic E-state index is 4.82. The molecule has 3 aromatic rings. The zero-order valence-electron chi connectivity index (χ0n) is 14.8. The number of rotatable bonds is 3. The van der Waals surface area contributed by atoms with Gasteiger partial charge < -0.3 is 0 Å². The molecule has 2 nitrogen and oxygen atoms in total. The fraction of sp³-hybridized carbons (Fsp3) is 0.143. The van der Waals surface area contributed by atoms with Crippen molar-refractivity contribution in [2.75, 3.05) is 0 Å². The van der Waals surface area contributed by atoms with Gasteiger partial charge in [0.15, 0.2) is 0 Å². The number of aromatic nitrogens is 1. The Morgan fingerprint density at radius 3 is 2.04 bits per heavy atom. The van der Waals surface area contributed by atoms with Gasteiger partial charge in [-0.05, 0) is 44.0 Å². The van der Waals surface area contributed by atoms with Gasteiger partial charge >= 0.3 is 33.2 Å². The molecular weight excluding hydrogens is 410 g/mol. The summed E-state index contributed by atoms with van der Waals surface area (Å²) in [6.07, 6.45) is 0. The summed E-state index contributed by atoms with van der Waals surface area (Å²) >= 11 is 0.382. The molecule has 0 aliphatic carbocycles. The molecule has 0 N–H and O–H groups in total. The zero-order valence-corrected chi connectivity index (χ0v) is 17.4. The second kappa shape index (κ2) is 10.5. The van der Waals surface area contributed by atoms with Crippen LogP contribution in [0.15, 0.2) is 71.7 Å². The van der Waals surface area contributed by atoms with E-state index in [1.807, 2.05) is 43.3 Å².